The molecule has 0 saturated carbocycles. The summed E-state index contributed by atoms with van der Waals surface area (Å²) in [6.45, 7) is 5.60. The lowest BCUT2D eigenvalue weighted by Gasteiger charge is -2.34. The molecule has 0 fully saturated rings. The molecule has 0 aliphatic heterocycles. The minimum atomic E-state index is -4.12. The molecule has 0 aliphatic rings. The second kappa shape index (κ2) is 15.3. The molecule has 4 rings (SSSR count). The molecule has 0 unspecified atom stereocenters. The van der Waals surface area contributed by atoms with E-state index in [0.717, 1.165) is 33.8 Å². The molecule has 230 valence electrons. The topological polar surface area (TPSA) is 86.8 Å². The highest BCUT2D eigenvalue weighted by molar-refractivity contribution is 7.92. The highest BCUT2D eigenvalue weighted by atomic mass is 32.2. The van der Waals surface area contributed by atoms with Crippen molar-refractivity contribution in [2.75, 3.05) is 10.8 Å². The van der Waals surface area contributed by atoms with E-state index in [9.17, 15) is 18.0 Å². The summed E-state index contributed by atoms with van der Waals surface area (Å²) in [4.78, 5) is 29.9. The lowest BCUT2D eigenvalue weighted by Crippen LogP contribution is -2.54. The van der Waals surface area contributed by atoms with Crippen LogP contribution in [-0.2, 0) is 39.0 Å². The van der Waals surface area contributed by atoms with Crippen LogP contribution in [0.3, 0.4) is 0 Å². The summed E-state index contributed by atoms with van der Waals surface area (Å²) in [5.74, 6) is -0.759. The monoisotopic (exact) mass is 611 g/mol. The van der Waals surface area contributed by atoms with E-state index in [1.54, 1.807) is 30.3 Å². The molecule has 0 spiro atoms. The van der Waals surface area contributed by atoms with Gasteiger partial charge < -0.3 is 10.2 Å². The Bertz CT molecular complexity index is 1600. The van der Waals surface area contributed by atoms with E-state index in [1.807, 2.05) is 93.6 Å². The molecule has 0 aromatic heterocycles. The number of amides is 2. The number of hydrogen-bond donors (Lipinski definition) is 1. The molecule has 0 radical (unpaired) electrons. The molecule has 4 aromatic rings. The first-order valence-corrected chi connectivity index (χ1v) is 16.5. The number of benzene rings is 4. The normalized spacial score (nSPS) is 12.6. The summed E-state index contributed by atoms with van der Waals surface area (Å²) >= 11 is 0. The van der Waals surface area contributed by atoms with Crippen molar-refractivity contribution in [1.29, 1.82) is 0 Å². The number of carbonyl (C=O) groups is 2. The van der Waals surface area contributed by atoms with Crippen LogP contribution in [0, 0.1) is 0 Å². The van der Waals surface area contributed by atoms with Crippen molar-refractivity contribution in [3.63, 3.8) is 0 Å². The van der Waals surface area contributed by atoms with Crippen LogP contribution >= 0.6 is 0 Å². The largest absolute Gasteiger partial charge is 0.352 e. The van der Waals surface area contributed by atoms with Crippen molar-refractivity contribution in [3.05, 3.63) is 132 Å². The van der Waals surface area contributed by atoms with Gasteiger partial charge in [0.2, 0.25) is 11.8 Å². The highest BCUT2D eigenvalue weighted by Crippen LogP contribution is 2.25. The second-order valence-corrected chi connectivity index (χ2v) is 12.7. The first kappa shape index (κ1) is 32.5. The van der Waals surface area contributed by atoms with Crippen LogP contribution < -0.4 is 9.62 Å². The number of aryl methyl sites for hydroxylation is 1. The molecule has 44 heavy (non-hydrogen) atoms. The number of sulfonamides is 1. The zero-order valence-corrected chi connectivity index (χ0v) is 26.4. The molecule has 0 bridgehead atoms. The number of carbonyl (C=O) groups excluding carboxylic acids is 2. The van der Waals surface area contributed by atoms with Crippen LogP contribution in [0.4, 0.5) is 5.69 Å². The quantitative estimate of drug-likeness (QED) is 0.190. The molecular formula is C36H41N3O4S. The molecule has 4 aromatic carbocycles. The minimum Gasteiger partial charge on any atom is -0.352 e. The number of rotatable bonds is 14. The molecule has 1 N–H and O–H groups in total. The maximum atomic E-state index is 14.5. The number of nitrogens with zero attached hydrogens (tertiary/aromatic N) is 2. The molecule has 0 aliphatic carbocycles. The number of hydrogen-bond acceptors (Lipinski definition) is 4. The van der Waals surface area contributed by atoms with Crippen LogP contribution in [0.15, 0.2) is 120 Å². The van der Waals surface area contributed by atoms with Gasteiger partial charge in [-0.25, -0.2) is 8.42 Å². The molecule has 0 saturated heterocycles. The molecule has 8 heteroatoms. The minimum absolute atomic E-state index is 0.0809. The molecular weight excluding hydrogens is 570 g/mol. The Kier molecular flexibility index (Phi) is 11.3. The maximum absolute atomic E-state index is 14.5. The average molecular weight is 612 g/mol. The van der Waals surface area contributed by atoms with Gasteiger partial charge >= 0.3 is 0 Å². The molecule has 2 amide bonds. The third-order valence-electron chi connectivity index (χ3n) is 7.71. The lowest BCUT2D eigenvalue weighted by atomic mass is 10.0. The summed E-state index contributed by atoms with van der Waals surface area (Å²) in [7, 11) is -4.12. The standard InChI is InChI=1S/C36H41N3O4S/c1-4-28(3)37-36(41)34(25-30-15-9-6-10-16-30)38(26-31-17-11-7-12-18-31)35(40)27-39(32-23-21-29(5-2)22-24-32)44(42,43)33-19-13-8-14-20-33/h6-24,28,34H,4-5,25-27H2,1-3H3,(H,37,41)/t28-,34-/m1/s1. The van der Waals surface area contributed by atoms with Gasteiger partial charge in [-0.3, -0.25) is 13.9 Å². The van der Waals surface area contributed by atoms with Crippen molar-refractivity contribution < 1.29 is 18.0 Å². The Morgan fingerprint density at radius 2 is 1.27 bits per heavy atom. The van der Waals surface area contributed by atoms with Gasteiger partial charge in [0.25, 0.3) is 10.0 Å². The van der Waals surface area contributed by atoms with Gasteiger partial charge in [-0.05, 0) is 60.7 Å². The Balaban J connectivity index is 1.78. The van der Waals surface area contributed by atoms with E-state index in [-0.39, 0.29) is 29.8 Å². The summed E-state index contributed by atoms with van der Waals surface area (Å²) in [6.07, 6.45) is 1.80. The lowest BCUT2D eigenvalue weighted by molar-refractivity contribution is -0.140. The Hall–Kier alpha value is -4.43. The van der Waals surface area contributed by atoms with E-state index in [4.69, 9.17) is 0 Å². The van der Waals surface area contributed by atoms with Crippen LogP contribution in [-0.4, -0.2) is 43.8 Å². The summed E-state index contributed by atoms with van der Waals surface area (Å²) in [6, 6.07) is 33.3. The molecule has 0 heterocycles. The summed E-state index contributed by atoms with van der Waals surface area (Å²) in [5.41, 5.74) is 3.15. The molecule has 2 atom stereocenters. The fourth-order valence-electron chi connectivity index (χ4n) is 4.92. The Morgan fingerprint density at radius 3 is 1.82 bits per heavy atom. The van der Waals surface area contributed by atoms with Gasteiger partial charge in [-0.15, -0.1) is 0 Å². The fraction of sp³-hybridized carbons (Fsp3) is 0.278. The zero-order chi connectivity index (χ0) is 31.5. The summed E-state index contributed by atoms with van der Waals surface area (Å²) in [5, 5.41) is 3.06. The van der Waals surface area contributed by atoms with Gasteiger partial charge in [0, 0.05) is 19.0 Å². The van der Waals surface area contributed by atoms with Crippen LogP contribution in [0.2, 0.25) is 0 Å². The van der Waals surface area contributed by atoms with Crippen LogP contribution in [0.25, 0.3) is 0 Å². The van der Waals surface area contributed by atoms with Crippen molar-refractivity contribution in [2.45, 2.75) is 63.6 Å². The van der Waals surface area contributed by atoms with Gasteiger partial charge in [-0.1, -0.05) is 105 Å². The number of nitrogens with one attached hydrogen (secondary N) is 1. The van der Waals surface area contributed by atoms with E-state index in [1.165, 1.54) is 17.0 Å². The van der Waals surface area contributed by atoms with Gasteiger partial charge in [-0.2, -0.15) is 0 Å². The average Bonchev–Trinajstić information content (AvgIpc) is 3.06. The summed E-state index contributed by atoms with van der Waals surface area (Å²) < 4.78 is 29.3. The van der Waals surface area contributed by atoms with Gasteiger partial charge in [0.15, 0.2) is 0 Å². The van der Waals surface area contributed by atoms with Crippen molar-refractivity contribution >= 4 is 27.5 Å². The first-order valence-electron chi connectivity index (χ1n) is 15.1. The van der Waals surface area contributed by atoms with E-state index < -0.39 is 28.5 Å². The van der Waals surface area contributed by atoms with Crippen LogP contribution in [0.5, 0.6) is 0 Å². The first-order chi connectivity index (χ1) is 21.2. The van der Waals surface area contributed by atoms with Crippen molar-refractivity contribution in [1.82, 2.24) is 10.2 Å². The maximum Gasteiger partial charge on any atom is 0.264 e. The predicted octanol–water partition coefficient (Wildman–Crippen LogP) is 6.00. The SMILES string of the molecule is CCc1ccc(N(CC(=O)N(Cc2ccccc2)[C@H](Cc2ccccc2)C(=O)N[C@H](C)CC)S(=O)(=O)c2ccccc2)cc1. The third kappa shape index (κ3) is 8.35. The number of anilines is 1. The molecule has 7 nitrogen and oxygen atoms in total. The third-order valence-corrected chi connectivity index (χ3v) is 9.50. The van der Waals surface area contributed by atoms with E-state index >= 15 is 0 Å². The highest BCUT2D eigenvalue weighted by Gasteiger charge is 2.34. The van der Waals surface area contributed by atoms with Gasteiger partial charge in [0.05, 0.1) is 10.6 Å². The van der Waals surface area contributed by atoms with Crippen molar-refractivity contribution in [3.8, 4) is 0 Å². The smallest absolute Gasteiger partial charge is 0.264 e. The second-order valence-electron chi connectivity index (χ2n) is 10.9. The predicted molar refractivity (Wildman–Crippen MR) is 176 cm³/mol. The van der Waals surface area contributed by atoms with Crippen LogP contribution in [0.1, 0.15) is 43.9 Å². The fourth-order valence-corrected chi connectivity index (χ4v) is 6.36. The van der Waals surface area contributed by atoms with Crippen molar-refractivity contribution in [2.24, 2.45) is 0 Å². The Morgan fingerprint density at radius 1 is 0.727 bits per heavy atom. The Labute approximate surface area is 261 Å². The van der Waals surface area contributed by atoms with E-state index in [2.05, 4.69) is 5.32 Å². The zero-order valence-electron chi connectivity index (χ0n) is 25.6. The van der Waals surface area contributed by atoms with Gasteiger partial charge in [0.1, 0.15) is 12.6 Å². The van der Waals surface area contributed by atoms with E-state index in [0.29, 0.717) is 5.69 Å².